The lowest BCUT2D eigenvalue weighted by Crippen LogP contribution is -2.45. The van der Waals surface area contributed by atoms with Crippen LogP contribution in [0.4, 0.5) is 13.6 Å². The second-order valence-electron chi connectivity index (χ2n) is 8.22. The summed E-state index contributed by atoms with van der Waals surface area (Å²) >= 11 is 0. The molecule has 0 atom stereocenters. The number of ether oxygens (including phenoxy) is 1. The Hall–Kier alpha value is -2.38. The average Bonchev–Trinajstić information content (AvgIpc) is 2.65. The molecule has 1 aliphatic heterocycles. The van der Waals surface area contributed by atoms with Crippen LogP contribution >= 0.6 is 0 Å². The van der Waals surface area contributed by atoms with Gasteiger partial charge in [0, 0.05) is 31.7 Å². The lowest BCUT2D eigenvalue weighted by atomic mass is 9.97. The van der Waals surface area contributed by atoms with Crippen LogP contribution in [0.5, 0.6) is 0 Å². The molecule has 0 aromatic heterocycles. The summed E-state index contributed by atoms with van der Waals surface area (Å²) in [4.78, 5) is 18.2. The number of carbonyl (C=O) groups is 1. The molecular formula is C21H32F2N4O2. The number of benzene rings is 1. The fraction of sp³-hybridized carbons (Fsp3) is 0.619. The molecule has 2 rings (SSSR count). The van der Waals surface area contributed by atoms with E-state index in [0.29, 0.717) is 38.1 Å². The van der Waals surface area contributed by atoms with Gasteiger partial charge < -0.3 is 20.3 Å². The van der Waals surface area contributed by atoms with Crippen LogP contribution in [0.2, 0.25) is 0 Å². The first-order chi connectivity index (χ1) is 13.7. The quantitative estimate of drug-likeness (QED) is 0.574. The van der Waals surface area contributed by atoms with E-state index in [-0.39, 0.29) is 18.2 Å². The molecule has 1 aromatic rings. The van der Waals surface area contributed by atoms with Crippen LogP contribution in [-0.4, -0.2) is 48.7 Å². The van der Waals surface area contributed by atoms with Crippen molar-refractivity contribution in [3.8, 4) is 0 Å². The predicted molar refractivity (Wildman–Crippen MR) is 110 cm³/mol. The van der Waals surface area contributed by atoms with E-state index < -0.39 is 17.2 Å². The molecule has 29 heavy (non-hydrogen) atoms. The maximum absolute atomic E-state index is 13.8. The maximum atomic E-state index is 13.8. The topological polar surface area (TPSA) is 66.0 Å². The zero-order valence-electron chi connectivity index (χ0n) is 17.7. The Balaban J connectivity index is 1.83. The summed E-state index contributed by atoms with van der Waals surface area (Å²) in [7, 11) is 0. The van der Waals surface area contributed by atoms with Gasteiger partial charge in [-0.25, -0.2) is 18.6 Å². The maximum Gasteiger partial charge on any atom is 0.410 e. The number of guanidine groups is 1. The highest BCUT2D eigenvalue weighted by atomic mass is 19.1. The van der Waals surface area contributed by atoms with Crippen LogP contribution in [0.25, 0.3) is 0 Å². The fourth-order valence-electron chi connectivity index (χ4n) is 3.06. The number of hydrogen-bond donors (Lipinski definition) is 2. The van der Waals surface area contributed by atoms with Crippen LogP contribution in [0.1, 0.15) is 46.1 Å². The highest BCUT2D eigenvalue weighted by Crippen LogP contribution is 2.19. The molecule has 1 amide bonds. The van der Waals surface area contributed by atoms with Gasteiger partial charge in [-0.15, -0.1) is 0 Å². The molecule has 0 saturated carbocycles. The summed E-state index contributed by atoms with van der Waals surface area (Å²) in [6.07, 6.45) is 1.46. The first-order valence-electron chi connectivity index (χ1n) is 10.1. The number of nitrogens with zero attached hydrogens (tertiary/aromatic N) is 2. The molecule has 1 saturated heterocycles. The summed E-state index contributed by atoms with van der Waals surface area (Å²) in [6.45, 7) is 10.2. The Morgan fingerprint density at radius 2 is 1.93 bits per heavy atom. The van der Waals surface area contributed by atoms with Gasteiger partial charge in [-0.3, -0.25) is 0 Å². The number of aliphatic imine (C=N–C) groups is 1. The number of hydrogen-bond acceptors (Lipinski definition) is 3. The van der Waals surface area contributed by atoms with Gasteiger partial charge in [0.05, 0.1) is 6.54 Å². The first-order valence-corrected chi connectivity index (χ1v) is 10.1. The third-order valence-electron chi connectivity index (χ3n) is 4.58. The normalized spacial score (nSPS) is 15.9. The van der Waals surface area contributed by atoms with E-state index in [1.807, 2.05) is 27.7 Å². The molecule has 0 spiro atoms. The van der Waals surface area contributed by atoms with E-state index in [1.54, 1.807) is 4.90 Å². The Morgan fingerprint density at radius 3 is 2.55 bits per heavy atom. The van der Waals surface area contributed by atoms with Gasteiger partial charge in [0.25, 0.3) is 0 Å². The Labute approximate surface area is 171 Å². The summed E-state index contributed by atoms with van der Waals surface area (Å²) in [5, 5.41) is 6.38. The highest BCUT2D eigenvalue weighted by Gasteiger charge is 2.26. The van der Waals surface area contributed by atoms with Crippen LogP contribution in [0, 0.1) is 17.6 Å². The Kier molecular flexibility index (Phi) is 8.22. The molecule has 1 aromatic carbocycles. The van der Waals surface area contributed by atoms with Crippen LogP contribution in [0.15, 0.2) is 23.2 Å². The predicted octanol–water partition coefficient (Wildman–Crippen LogP) is 3.67. The zero-order valence-corrected chi connectivity index (χ0v) is 17.7. The zero-order chi connectivity index (χ0) is 21.4. The first kappa shape index (κ1) is 22.9. The minimum absolute atomic E-state index is 0.0516. The van der Waals surface area contributed by atoms with Gasteiger partial charge in [-0.2, -0.15) is 0 Å². The molecule has 2 N–H and O–H groups in total. The van der Waals surface area contributed by atoms with Gasteiger partial charge in [0.15, 0.2) is 5.96 Å². The van der Waals surface area contributed by atoms with Crippen molar-refractivity contribution in [2.24, 2.45) is 10.9 Å². The lowest BCUT2D eigenvalue weighted by molar-refractivity contribution is 0.0185. The van der Waals surface area contributed by atoms with Crippen LogP contribution < -0.4 is 10.6 Å². The molecule has 1 fully saturated rings. The van der Waals surface area contributed by atoms with Gasteiger partial charge in [0.2, 0.25) is 0 Å². The van der Waals surface area contributed by atoms with E-state index in [0.717, 1.165) is 31.0 Å². The van der Waals surface area contributed by atoms with Gasteiger partial charge in [-0.05, 0) is 64.7 Å². The number of halogens is 2. The molecule has 1 aliphatic rings. The molecule has 0 bridgehead atoms. The van der Waals surface area contributed by atoms with Crippen molar-refractivity contribution in [1.82, 2.24) is 15.5 Å². The van der Waals surface area contributed by atoms with E-state index in [4.69, 9.17) is 4.74 Å². The minimum atomic E-state index is -0.492. The van der Waals surface area contributed by atoms with Gasteiger partial charge >= 0.3 is 6.09 Å². The summed E-state index contributed by atoms with van der Waals surface area (Å²) in [6, 6.07) is 3.36. The minimum Gasteiger partial charge on any atom is -0.444 e. The molecule has 1 heterocycles. The fourth-order valence-corrected chi connectivity index (χ4v) is 3.06. The number of rotatable bonds is 5. The third-order valence-corrected chi connectivity index (χ3v) is 4.58. The van der Waals surface area contributed by atoms with E-state index in [9.17, 15) is 13.6 Å². The summed E-state index contributed by atoms with van der Waals surface area (Å²) in [5.41, 5.74) is -0.277. The van der Waals surface area contributed by atoms with Crippen molar-refractivity contribution in [3.63, 3.8) is 0 Å². The van der Waals surface area contributed by atoms with Crippen molar-refractivity contribution in [2.45, 2.75) is 52.7 Å². The van der Waals surface area contributed by atoms with Gasteiger partial charge in [0.1, 0.15) is 17.2 Å². The molecule has 0 radical (unpaired) electrons. The summed E-state index contributed by atoms with van der Waals surface area (Å²) < 4.78 is 32.5. The number of piperidine rings is 1. The standard InChI is InChI=1S/C21H32F2N4O2/c1-5-24-19(26-14-16-12-17(22)6-7-18(16)23)25-13-15-8-10-27(11-9-15)20(28)29-21(2,3)4/h6-7,12,15H,5,8-11,13-14H2,1-4H3,(H2,24,25,26). The second-order valence-corrected chi connectivity index (χ2v) is 8.22. The van der Waals surface area contributed by atoms with Crippen molar-refractivity contribution >= 4 is 12.1 Å². The van der Waals surface area contributed by atoms with Crippen molar-refractivity contribution < 1.29 is 18.3 Å². The largest absolute Gasteiger partial charge is 0.444 e. The molecule has 0 unspecified atom stereocenters. The Bertz CT molecular complexity index is 711. The van der Waals surface area contributed by atoms with E-state index in [1.165, 1.54) is 0 Å². The second kappa shape index (κ2) is 10.4. The molecule has 6 nitrogen and oxygen atoms in total. The Morgan fingerprint density at radius 1 is 1.24 bits per heavy atom. The monoisotopic (exact) mass is 410 g/mol. The third kappa shape index (κ3) is 7.87. The van der Waals surface area contributed by atoms with E-state index >= 15 is 0 Å². The van der Waals surface area contributed by atoms with Crippen molar-refractivity contribution in [3.05, 3.63) is 35.4 Å². The van der Waals surface area contributed by atoms with Crippen molar-refractivity contribution in [1.29, 1.82) is 0 Å². The average molecular weight is 411 g/mol. The van der Waals surface area contributed by atoms with E-state index in [2.05, 4.69) is 15.6 Å². The number of amides is 1. The van der Waals surface area contributed by atoms with Gasteiger partial charge in [-0.1, -0.05) is 0 Å². The number of carbonyl (C=O) groups excluding carboxylic acids is 1. The van der Waals surface area contributed by atoms with Crippen LogP contribution in [0.3, 0.4) is 0 Å². The smallest absolute Gasteiger partial charge is 0.410 e. The summed E-state index contributed by atoms with van der Waals surface area (Å²) in [5.74, 6) is 0.000928. The molecule has 8 heteroatoms. The SMILES string of the molecule is CCNC(=NCc1cc(F)ccc1F)NCC1CCN(C(=O)OC(C)(C)C)CC1. The number of likely N-dealkylation sites (tertiary alicyclic amines) is 1. The molecule has 0 aliphatic carbocycles. The van der Waals surface area contributed by atoms with Crippen molar-refractivity contribution in [2.75, 3.05) is 26.2 Å². The molecular weight excluding hydrogens is 378 g/mol. The molecule has 162 valence electrons. The highest BCUT2D eigenvalue weighted by molar-refractivity contribution is 5.79. The lowest BCUT2D eigenvalue weighted by Gasteiger charge is -2.33. The number of nitrogens with one attached hydrogen (secondary N) is 2. The van der Waals surface area contributed by atoms with Crippen LogP contribution in [-0.2, 0) is 11.3 Å².